The van der Waals surface area contributed by atoms with Crippen LogP contribution in [-0.2, 0) is 11.3 Å². The highest BCUT2D eigenvalue weighted by atomic mass is 16.6. The Morgan fingerprint density at radius 2 is 2.15 bits per heavy atom. The maximum absolute atomic E-state index is 12.7. The fourth-order valence-corrected chi connectivity index (χ4v) is 3.93. The van der Waals surface area contributed by atoms with Gasteiger partial charge >= 0.3 is 6.09 Å². The van der Waals surface area contributed by atoms with E-state index in [9.17, 15) is 14.9 Å². The Kier molecular flexibility index (Phi) is 7.68. The molecular weight excluding hydrogens is 426 g/mol. The zero-order chi connectivity index (χ0) is 24.2. The van der Waals surface area contributed by atoms with Crippen LogP contribution in [-0.4, -0.2) is 62.2 Å². The number of nitro benzene ring substituents is 1. The van der Waals surface area contributed by atoms with Gasteiger partial charge in [0.25, 0.3) is 5.69 Å². The molecule has 1 fully saturated rings. The van der Waals surface area contributed by atoms with E-state index in [1.165, 1.54) is 12.1 Å². The number of nitro groups is 1. The summed E-state index contributed by atoms with van der Waals surface area (Å²) in [5, 5.41) is 15.0. The van der Waals surface area contributed by atoms with E-state index in [1.807, 2.05) is 34.6 Å². The molecule has 1 saturated heterocycles. The van der Waals surface area contributed by atoms with Crippen LogP contribution in [0.5, 0.6) is 0 Å². The number of aromatic nitrogens is 2. The number of amides is 1. The number of benzene rings is 1. The number of piperidine rings is 1. The van der Waals surface area contributed by atoms with E-state index in [-0.39, 0.29) is 17.8 Å². The highest BCUT2D eigenvalue weighted by Gasteiger charge is 2.29. The van der Waals surface area contributed by atoms with Crippen molar-refractivity contribution in [2.24, 2.45) is 5.92 Å². The molecule has 3 rings (SSSR count). The Bertz CT molecular complexity index is 968. The molecular formula is C23H33N5O5. The predicted octanol–water partition coefficient (Wildman–Crippen LogP) is 4.50. The molecule has 180 valence electrons. The van der Waals surface area contributed by atoms with E-state index in [1.54, 1.807) is 17.0 Å². The Hall–Kier alpha value is -3.01. The smallest absolute Gasteiger partial charge is 0.410 e. The SMILES string of the molecule is CC(C)N(CC1CCCN(Cc2nc(-c3cccc([N+](=O)[O-])c3)no2)C1)C(=O)OC(C)(C)C. The van der Waals surface area contributed by atoms with Crippen molar-refractivity contribution in [3.05, 3.63) is 40.3 Å². The van der Waals surface area contributed by atoms with E-state index in [2.05, 4.69) is 15.0 Å². The number of non-ortho nitro benzene ring substituents is 1. The molecule has 0 aliphatic carbocycles. The van der Waals surface area contributed by atoms with Crippen LogP contribution in [0.25, 0.3) is 11.4 Å². The number of ether oxygens (including phenoxy) is 1. The number of carbonyl (C=O) groups excluding carboxylic acids is 1. The van der Waals surface area contributed by atoms with E-state index in [0.29, 0.717) is 36.3 Å². The Morgan fingerprint density at radius 3 is 2.82 bits per heavy atom. The molecule has 1 aliphatic rings. The molecule has 2 aromatic rings. The molecule has 1 unspecified atom stereocenters. The molecule has 10 heteroatoms. The third-order valence-electron chi connectivity index (χ3n) is 5.45. The van der Waals surface area contributed by atoms with Gasteiger partial charge in [0, 0.05) is 36.8 Å². The van der Waals surface area contributed by atoms with Gasteiger partial charge in [-0.3, -0.25) is 15.0 Å². The van der Waals surface area contributed by atoms with Crippen molar-refractivity contribution in [3.8, 4) is 11.4 Å². The summed E-state index contributed by atoms with van der Waals surface area (Å²) in [5.74, 6) is 1.11. The first-order valence-corrected chi connectivity index (χ1v) is 11.3. The summed E-state index contributed by atoms with van der Waals surface area (Å²) >= 11 is 0. The van der Waals surface area contributed by atoms with Crippen LogP contribution >= 0.6 is 0 Å². The standard InChI is InChI=1S/C23H33N5O5/c1-16(2)27(22(29)32-23(3,4)5)14-17-8-7-11-26(13-17)15-20-24-21(25-33-20)18-9-6-10-19(12-18)28(30)31/h6,9-10,12,16-17H,7-8,11,13-15H2,1-5H3. The molecule has 0 N–H and O–H groups in total. The van der Waals surface area contributed by atoms with E-state index in [4.69, 9.17) is 9.26 Å². The Labute approximate surface area is 194 Å². The van der Waals surface area contributed by atoms with Crippen molar-refractivity contribution < 1.29 is 19.0 Å². The molecule has 0 spiro atoms. The summed E-state index contributed by atoms with van der Waals surface area (Å²) in [5.41, 5.74) is -0.00410. The summed E-state index contributed by atoms with van der Waals surface area (Å²) < 4.78 is 11.0. The van der Waals surface area contributed by atoms with Crippen LogP contribution in [0.3, 0.4) is 0 Å². The molecule has 0 saturated carbocycles. The summed E-state index contributed by atoms with van der Waals surface area (Å²) in [6, 6.07) is 6.22. The van der Waals surface area contributed by atoms with Gasteiger partial charge in [0.2, 0.25) is 11.7 Å². The third-order valence-corrected chi connectivity index (χ3v) is 5.45. The first kappa shape index (κ1) is 24.6. The minimum absolute atomic E-state index is 0.0163. The van der Waals surface area contributed by atoms with Crippen molar-refractivity contribution in [3.63, 3.8) is 0 Å². The highest BCUT2D eigenvalue weighted by molar-refractivity contribution is 5.68. The Balaban J connectivity index is 1.61. The van der Waals surface area contributed by atoms with E-state index >= 15 is 0 Å². The fraction of sp³-hybridized carbons (Fsp3) is 0.609. The first-order valence-electron chi connectivity index (χ1n) is 11.3. The van der Waals surface area contributed by atoms with Gasteiger partial charge in [0.15, 0.2) is 0 Å². The minimum atomic E-state index is -0.530. The Morgan fingerprint density at radius 1 is 1.39 bits per heavy atom. The molecule has 33 heavy (non-hydrogen) atoms. The van der Waals surface area contributed by atoms with Crippen molar-refractivity contribution in [2.75, 3.05) is 19.6 Å². The molecule has 1 aromatic heterocycles. The lowest BCUT2D eigenvalue weighted by molar-refractivity contribution is -0.384. The lowest BCUT2D eigenvalue weighted by Gasteiger charge is -2.37. The molecule has 10 nitrogen and oxygen atoms in total. The maximum atomic E-state index is 12.7. The lowest BCUT2D eigenvalue weighted by Crippen LogP contribution is -2.46. The van der Waals surface area contributed by atoms with Gasteiger partial charge in [-0.25, -0.2) is 4.79 Å². The quantitative estimate of drug-likeness (QED) is 0.439. The number of hydrogen-bond donors (Lipinski definition) is 0. The molecule has 2 heterocycles. The van der Waals surface area contributed by atoms with Crippen molar-refractivity contribution >= 4 is 11.8 Å². The average Bonchev–Trinajstić information content (AvgIpc) is 3.19. The zero-order valence-corrected chi connectivity index (χ0v) is 20.0. The van der Waals surface area contributed by atoms with Crippen molar-refractivity contribution in [1.82, 2.24) is 19.9 Å². The van der Waals surface area contributed by atoms with E-state index in [0.717, 1.165) is 25.9 Å². The van der Waals surface area contributed by atoms with Crippen LogP contribution in [0, 0.1) is 16.0 Å². The maximum Gasteiger partial charge on any atom is 0.410 e. The monoisotopic (exact) mass is 459 g/mol. The number of nitrogens with zero attached hydrogens (tertiary/aromatic N) is 5. The summed E-state index contributed by atoms with van der Waals surface area (Å²) in [6.07, 6.45) is 1.76. The van der Waals surface area contributed by atoms with Gasteiger partial charge in [-0.2, -0.15) is 4.98 Å². The fourth-order valence-electron chi connectivity index (χ4n) is 3.93. The van der Waals surface area contributed by atoms with Crippen molar-refractivity contribution in [2.45, 2.75) is 65.6 Å². The van der Waals surface area contributed by atoms with Crippen LogP contribution in [0.4, 0.5) is 10.5 Å². The van der Waals surface area contributed by atoms with Gasteiger partial charge < -0.3 is 14.2 Å². The summed E-state index contributed by atoms with van der Waals surface area (Å²) in [6.45, 7) is 12.4. The second-order valence-electron chi connectivity index (χ2n) is 9.79. The number of likely N-dealkylation sites (tertiary alicyclic amines) is 1. The van der Waals surface area contributed by atoms with Crippen LogP contribution in [0.1, 0.15) is 53.4 Å². The molecule has 0 radical (unpaired) electrons. The third kappa shape index (κ3) is 6.98. The topological polar surface area (TPSA) is 115 Å². The largest absolute Gasteiger partial charge is 0.444 e. The van der Waals surface area contributed by atoms with Crippen LogP contribution in [0.15, 0.2) is 28.8 Å². The van der Waals surface area contributed by atoms with Gasteiger partial charge in [0.05, 0.1) is 11.5 Å². The first-order chi connectivity index (χ1) is 15.5. The van der Waals surface area contributed by atoms with E-state index < -0.39 is 10.5 Å². The number of rotatable bonds is 7. The van der Waals surface area contributed by atoms with Gasteiger partial charge in [0.1, 0.15) is 5.60 Å². The second-order valence-corrected chi connectivity index (χ2v) is 9.79. The zero-order valence-electron chi connectivity index (χ0n) is 20.0. The minimum Gasteiger partial charge on any atom is -0.444 e. The van der Waals surface area contributed by atoms with Gasteiger partial charge in [-0.1, -0.05) is 17.3 Å². The van der Waals surface area contributed by atoms with Crippen molar-refractivity contribution in [1.29, 1.82) is 0 Å². The van der Waals surface area contributed by atoms with Gasteiger partial charge in [-0.05, 0) is 59.9 Å². The molecule has 1 aliphatic heterocycles. The molecule has 1 aromatic carbocycles. The predicted molar refractivity (Wildman–Crippen MR) is 122 cm³/mol. The second kappa shape index (κ2) is 10.3. The number of hydrogen-bond acceptors (Lipinski definition) is 8. The lowest BCUT2D eigenvalue weighted by atomic mass is 9.97. The number of carbonyl (C=O) groups is 1. The highest BCUT2D eigenvalue weighted by Crippen LogP contribution is 2.24. The summed E-state index contributed by atoms with van der Waals surface area (Å²) in [7, 11) is 0. The average molecular weight is 460 g/mol. The molecule has 1 amide bonds. The normalized spacial score (nSPS) is 17.2. The van der Waals surface area contributed by atoms with Crippen LogP contribution in [0.2, 0.25) is 0 Å². The summed E-state index contributed by atoms with van der Waals surface area (Å²) in [4.78, 5) is 31.7. The van der Waals surface area contributed by atoms with Crippen LogP contribution < -0.4 is 0 Å². The molecule has 0 bridgehead atoms. The van der Waals surface area contributed by atoms with Gasteiger partial charge in [-0.15, -0.1) is 0 Å². The molecule has 1 atom stereocenters.